The summed E-state index contributed by atoms with van der Waals surface area (Å²) in [5.74, 6) is -0.0413. The lowest BCUT2D eigenvalue weighted by Crippen LogP contribution is -2.28. The van der Waals surface area contributed by atoms with Crippen molar-refractivity contribution in [1.29, 1.82) is 0 Å². The fraction of sp³-hybridized carbons (Fsp3) is 0.353. The normalized spacial score (nSPS) is 18.0. The first kappa shape index (κ1) is 15.2. The SMILES string of the molecule is Cc1cc(C(=O)N2CCC(CO)C2)sc1-c1ccc(F)cc1. The van der Waals surface area contributed by atoms with Gasteiger partial charge < -0.3 is 10.0 Å². The van der Waals surface area contributed by atoms with Gasteiger partial charge in [0.25, 0.3) is 5.91 Å². The Morgan fingerprint density at radius 1 is 1.41 bits per heavy atom. The van der Waals surface area contributed by atoms with Crippen molar-refractivity contribution in [2.45, 2.75) is 13.3 Å². The molecular weight excluding hydrogens is 301 g/mol. The van der Waals surface area contributed by atoms with E-state index in [1.54, 1.807) is 17.0 Å². The zero-order valence-corrected chi connectivity index (χ0v) is 13.2. The van der Waals surface area contributed by atoms with E-state index in [2.05, 4.69) is 0 Å². The van der Waals surface area contributed by atoms with Gasteiger partial charge in [-0.1, -0.05) is 12.1 Å². The van der Waals surface area contributed by atoms with Crippen LogP contribution in [0.25, 0.3) is 10.4 Å². The zero-order chi connectivity index (χ0) is 15.7. The van der Waals surface area contributed by atoms with E-state index in [4.69, 9.17) is 0 Å². The molecule has 0 spiro atoms. The van der Waals surface area contributed by atoms with Crippen LogP contribution in [0.1, 0.15) is 21.7 Å². The smallest absolute Gasteiger partial charge is 0.263 e. The first-order valence-corrected chi connectivity index (χ1v) is 8.16. The number of aliphatic hydroxyl groups is 1. The molecule has 1 saturated heterocycles. The van der Waals surface area contributed by atoms with E-state index >= 15 is 0 Å². The third-order valence-electron chi connectivity index (χ3n) is 4.07. The van der Waals surface area contributed by atoms with Gasteiger partial charge in [0.15, 0.2) is 0 Å². The van der Waals surface area contributed by atoms with Crippen LogP contribution in [0.3, 0.4) is 0 Å². The van der Waals surface area contributed by atoms with Gasteiger partial charge >= 0.3 is 0 Å². The molecule has 2 aromatic rings. The Morgan fingerprint density at radius 3 is 2.77 bits per heavy atom. The average Bonchev–Trinajstić information content (AvgIpc) is 3.14. The van der Waals surface area contributed by atoms with Crippen LogP contribution in [0.15, 0.2) is 30.3 Å². The Hall–Kier alpha value is -1.72. The molecule has 1 unspecified atom stereocenters. The van der Waals surface area contributed by atoms with Crippen molar-refractivity contribution >= 4 is 17.2 Å². The number of benzene rings is 1. The second-order valence-corrected chi connectivity index (χ2v) is 6.77. The van der Waals surface area contributed by atoms with Crippen molar-refractivity contribution in [2.24, 2.45) is 5.92 Å². The summed E-state index contributed by atoms with van der Waals surface area (Å²) in [6.45, 7) is 3.42. The highest BCUT2D eigenvalue weighted by molar-refractivity contribution is 7.17. The second-order valence-electron chi connectivity index (χ2n) is 5.72. The van der Waals surface area contributed by atoms with E-state index in [0.29, 0.717) is 18.0 Å². The zero-order valence-electron chi connectivity index (χ0n) is 12.4. The molecule has 1 aliphatic heterocycles. The number of halogens is 1. The Balaban J connectivity index is 1.83. The number of carbonyl (C=O) groups is 1. The highest BCUT2D eigenvalue weighted by Gasteiger charge is 2.27. The van der Waals surface area contributed by atoms with Crippen LogP contribution in [-0.4, -0.2) is 35.6 Å². The molecule has 0 radical (unpaired) electrons. The van der Waals surface area contributed by atoms with Crippen molar-refractivity contribution < 1.29 is 14.3 Å². The number of rotatable bonds is 3. The number of hydrogen-bond acceptors (Lipinski definition) is 3. The summed E-state index contributed by atoms with van der Waals surface area (Å²) in [7, 11) is 0. The predicted octanol–water partition coefficient (Wildman–Crippen LogP) is 3.32. The summed E-state index contributed by atoms with van der Waals surface area (Å²) in [4.78, 5) is 16.1. The highest BCUT2D eigenvalue weighted by Crippen LogP contribution is 2.33. The number of nitrogens with zero attached hydrogens (tertiary/aromatic N) is 1. The van der Waals surface area contributed by atoms with Crippen molar-refractivity contribution in [2.75, 3.05) is 19.7 Å². The van der Waals surface area contributed by atoms with E-state index < -0.39 is 0 Å². The molecule has 3 nitrogen and oxygen atoms in total. The molecule has 1 aromatic heterocycles. The second kappa shape index (κ2) is 6.18. The quantitative estimate of drug-likeness (QED) is 0.943. The van der Waals surface area contributed by atoms with Gasteiger partial charge in [-0.15, -0.1) is 11.3 Å². The van der Waals surface area contributed by atoms with E-state index in [0.717, 1.165) is 22.4 Å². The van der Waals surface area contributed by atoms with Crippen LogP contribution in [-0.2, 0) is 0 Å². The molecule has 1 aromatic carbocycles. The fourth-order valence-corrected chi connectivity index (χ4v) is 3.94. The fourth-order valence-electron chi connectivity index (χ4n) is 2.80. The van der Waals surface area contributed by atoms with Gasteiger partial charge in [-0.05, 0) is 42.7 Å². The molecule has 0 saturated carbocycles. The summed E-state index contributed by atoms with van der Waals surface area (Å²) in [6.07, 6.45) is 0.859. The van der Waals surface area contributed by atoms with Crippen LogP contribution in [0.5, 0.6) is 0 Å². The van der Waals surface area contributed by atoms with E-state index in [1.807, 2.05) is 13.0 Å². The summed E-state index contributed by atoms with van der Waals surface area (Å²) in [5.41, 5.74) is 1.95. The number of hydrogen-bond donors (Lipinski definition) is 1. The van der Waals surface area contributed by atoms with Crippen molar-refractivity contribution in [3.8, 4) is 10.4 Å². The van der Waals surface area contributed by atoms with Gasteiger partial charge in [0.2, 0.25) is 0 Å². The van der Waals surface area contributed by atoms with Gasteiger partial charge in [-0.3, -0.25) is 4.79 Å². The molecule has 1 aliphatic rings. The summed E-state index contributed by atoms with van der Waals surface area (Å²) < 4.78 is 13.0. The Bertz CT molecular complexity index is 680. The predicted molar refractivity (Wildman–Crippen MR) is 85.5 cm³/mol. The first-order chi connectivity index (χ1) is 10.6. The minimum Gasteiger partial charge on any atom is -0.396 e. The number of aryl methyl sites for hydroxylation is 1. The van der Waals surface area contributed by atoms with Gasteiger partial charge in [0, 0.05) is 30.5 Å². The van der Waals surface area contributed by atoms with Crippen LogP contribution in [0.2, 0.25) is 0 Å². The van der Waals surface area contributed by atoms with E-state index in [-0.39, 0.29) is 24.2 Å². The lowest BCUT2D eigenvalue weighted by molar-refractivity contribution is 0.0786. The molecule has 2 heterocycles. The molecule has 0 bridgehead atoms. The van der Waals surface area contributed by atoms with E-state index in [9.17, 15) is 14.3 Å². The largest absolute Gasteiger partial charge is 0.396 e. The molecule has 116 valence electrons. The molecule has 1 atom stereocenters. The standard InChI is InChI=1S/C17H18FNO2S/c1-11-8-15(17(21)19-7-6-12(9-19)10-20)22-16(11)13-2-4-14(18)5-3-13/h2-5,8,12,20H,6-7,9-10H2,1H3. The number of amides is 1. The molecule has 5 heteroatoms. The summed E-state index contributed by atoms with van der Waals surface area (Å²) >= 11 is 1.45. The topological polar surface area (TPSA) is 40.5 Å². The first-order valence-electron chi connectivity index (χ1n) is 7.35. The molecule has 1 N–H and O–H groups in total. The lowest BCUT2D eigenvalue weighted by atomic mass is 10.1. The van der Waals surface area contributed by atoms with Crippen molar-refractivity contribution in [3.05, 3.63) is 46.6 Å². The average molecular weight is 319 g/mol. The summed E-state index contributed by atoms with van der Waals surface area (Å²) in [5, 5.41) is 9.19. The number of likely N-dealkylation sites (tertiary alicyclic amines) is 1. The molecule has 1 fully saturated rings. The van der Waals surface area contributed by atoms with Crippen LogP contribution >= 0.6 is 11.3 Å². The maximum atomic E-state index is 13.0. The van der Waals surface area contributed by atoms with Gasteiger partial charge in [-0.2, -0.15) is 0 Å². The molecule has 3 rings (SSSR count). The van der Waals surface area contributed by atoms with Gasteiger partial charge in [0.05, 0.1) is 4.88 Å². The minimum absolute atomic E-state index is 0.0254. The Kier molecular flexibility index (Phi) is 4.27. The van der Waals surface area contributed by atoms with Crippen molar-refractivity contribution in [1.82, 2.24) is 4.90 Å². The molecule has 22 heavy (non-hydrogen) atoms. The third-order valence-corrected chi connectivity index (χ3v) is 5.34. The highest BCUT2D eigenvalue weighted by atomic mass is 32.1. The lowest BCUT2D eigenvalue weighted by Gasteiger charge is -2.14. The summed E-state index contributed by atoms with van der Waals surface area (Å²) in [6, 6.07) is 8.24. The monoisotopic (exact) mass is 319 g/mol. The van der Waals surface area contributed by atoms with Crippen molar-refractivity contribution in [3.63, 3.8) is 0 Å². The van der Waals surface area contributed by atoms with E-state index in [1.165, 1.54) is 23.5 Å². The molecular formula is C17H18FNO2S. The van der Waals surface area contributed by atoms with Crippen LogP contribution in [0.4, 0.5) is 4.39 Å². The van der Waals surface area contributed by atoms with Crippen LogP contribution in [0, 0.1) is 18.7 Å². The number of thiophene rings is 1. The van der Waals surface area contributed by atoms with Crippen LogP contribution < -0.4 is 0 Å². The Morgan fingerprint density at radius 2 is 2.14 bits per heavy atom. The minimum atomic E-state index is -0.263. The number of carbonyl (C=O) groups excluding carboxylic acids is 1. The maximum Gasteiger partial charge on any atom is 0.263 e. The third kappa shape index (κ3) is 2.91. The van der Waals surface area contributed by atoms with Gasteiger partial charge in [-0.25, -0.2) is 4.39 Å². The number of aliphatic hydroxyl groups excluding tert-OH is 1. The van der Waals surface area contributed by atoms with Gasteiger partial charge in [0.1, 0.15) is 5.82 Å². The Labute approximate surface area is 133 Å². The molecule has 1 amide bonds. The molecule has 0 aliphatic carbocycles. The maximum absolute atomic E-state index is 13.0.